The van der Waals surface area contributed by atoms with Gasteiger partial charge in [0.25, 0.3) is 0 Å². The van der Waals surface area contributed by atoms with Gasteiger partial charge in [0.05, 0.1) is 0 Å². The van der Waals surface area contributed by atoms with E-state index in [1.165, 1.54) is 5.56 Å². The number of nitrogens with zero attached hydrogens (tertiary/aromatic N) is 2. The van der Waals surface area contributed by atoms with E-state index in [9.17, 15) is 4.79 Å². The van der Waals surface area contributed by atoms with Gasteiger partial charge in [-0.2, -0.15) is 0 Å². The fourth-order valence-electron chi connectivity index (χ4n) is 2.91. The molecule has 1 amide bonds. The van der Waals surface area contributed by atoms with Crippen molar-refractivity contribution in [1.29, 1.82) is 0 Å². The minimum Gasteiger partial charge on any atom is -0.444 e. The molecule has 134 valence electrons. The Bertz CT molecular complexity index is 541. The molecule has 5 nitrogen and oxygen atoms in total. The standard InChI is InChI=1S/C19H31N3O2/c1-14(20)16-6-8-17(9-7-16)15(2)21-10-12-22(13-11-21)18(23)24-19(3,4)5/h6-9,14-15H,10-13,20H2,1-5H3/t14-,15?/m0/s1. The molecule has 0 saturated carbocycles. The molecule has 5 heteroatoms. The smallest absolute Gasteiger partial charge is 0.410 e. The summed E-state index contributed by atoms with van der Waals surface area (Å²) in [4.78, 5) is 16.3. The minimum absolute atomic E-state index is 0.0618. The third-order valence-corrected chi connectivity index (χ3v) is 4.46. The molecule has 0 aliphatic carbocycles. The van der Waals surface area contributed by atoms with E-state index in [1.807, 2.05) is 27.7 Å². The lowest BCUT2D eigenvalue weighted by Crippen LogP contribution is -2.50. The average Bonchev–Trinajstić information content (AvgIpc) is 2.53. The number of benzene rings is 1. The van der Waals surface area contributed by atoms with Crippen LogP contribution in [0.25, 0.3) is 0 Å². The zero-order valence-electron chi connectivity index (χ0n) is 15.6. The quantitative estimate of drug-likeness (QED) is 0.922. The molecule has 1 fully saturated rings. The van der Waals surface area contributed by atoms with Gasteiger partial charge in [-0.3, -0.25) is 4.90 Å². The molecule has 0 spiro atoms. The van der Waals surface area contributed by atoms with Crippen molar-refractivity contribution < 1.29 is 9.53 Å². The fourth-order valence-corrected chi connectivity index (χ4v) is 2.91. The Morgan fingerprint density at radius 2 is 1.54 bits per heavy atom. The van der Waals surface area contributed by atoms with Crippen LogP contribution in [0.3, 0.4) is 0 Å². The number of carbonyl (C=O) groups excluding carboxylic acids is 1. The fraction of sp³-hybridized carbons (Fsp3) is 0.632. The highest BCUT2D eigenvalue weighted by Crippen LogP contribution is 2.23. The van der Waals surface area contributed by atoms with Gasteiger partial charge in [0, 0.05) is 38.3 Å². The molecule has 1 unspecified atom stereocenters. The summed E-state index contributed by atoms with van der Waals surface area (Å²) in [5.41, 5.74) is 7.91. The van der Waals surface area contributed by atoms with E-state index in [0.29, 0.717) is 19.1 Å². The third kappa shape index (κ3) is 4.95. The monoisotopic (exact) mass is 333 g/mol. The van der Waals surface area contributed by atoms with Crippen LogP contribution in [-0.4, -0.2) is 47.7 Å². The second kappa shape index (κ2) is 7.53. The number of ether oxygens (including phenoxy) is 1. The van der Waals surface area contributed by atoms with E-state index < -0.39 is 5.60 Å². The summed E-state index contributed by atoms with van der Waals surface area (Å²) < 4.78 is 5.45. The van der Waals surface area contributed by atoms with E-state index in [4.69, 9.17) is 10.5 Å². The van der Waals surface area contributed by atoms with E-state index in [-0.39, 0.29) is 12.1 Å². The van der Waals surface area contributed by atoms with Crippen LogP contribution in [0.2, 0.25) is 0 Å². The summed E-state index contributed by atoms with van der Waals surface area (Å²) in [5, 5.41) is 0. The van der Waals surface area contributed by atoms with Crippen molar-refractivity contribution in [2.75, 3.05) is 26.2 Å². The van der Waals surface area contributed by atoms with Crippen LogP contribution in [0.4, 0.5) is 4.79 Å². The van der Waals surface area contributed by atoms with Crippen LogP contribution < -0.4 is 5.73 Å². The van der Waals surface area contributed by atoms with Crippen LogP contribution >= 0.6 is 0 Å². The summed E-state index contributed by atoms with van der Waals surface area (Å²) in [6, 6.07) is 8.91. The van der Waals surface area contributed by atoms with E-state index in [2.05, 4.69) is 36.1 Å². The van der Waals surface area contributed by atoms with Crippen molar-refractivity contribution in [3.05, 3.63) is 35.4 Å². The normalized spacial score (nSPS) is 19.0. The number of nitrogens with two attached hydrogens (primary N) is 1. The lowest BCUT2D eigenvalue weighted by atomic mass is 10.0. The molecule has 0 radical (unpaired) electrons. The predicted octanol–water partition coefficient (Wildman–Crippen LogP) is 3.32. The first-order valence-electron chi connectivity index (χ1n) is 8.75. The van der Waals surface area contributed by atoms with Crippen LogP contribution in [0.15, 0.2) is 24.3 Å². The first-order chi connectivity index (χ1) is 11.2. The second-order valence-electron chi connectivity index (χ2n) is 7.63. The number of hydrogen-bond donors (Lipinski definition) is 1. The molecule has 0 bridgehead atoms. The number of hydrogen-bond acceptors (Lipinski definition) is 4. The van der Waals surface area contributed by atoms with Gasteiger partial charge >= 0.3 is 6.09 Å². The first-order valence-corrected chi connectivity index (χ1v) is 8.75. The van der Waals surface area contributed by atoms with Gasteiger partial charge in [-0.1, -0.05) is 24.3 Å². The zero-order chi connectivity index (χ0) is 17.9. The Balaban J connectivity index is 1.90. The zero-order valence-corrected chi connectivity index (χ0v) is 15.6. The lowest BCUT2D eigenvalue weighted by molar-refractivity contribution is 0.0110. The maximum absolute atomic E-state index is 12.1. The Morgan fingerprint density at radius 1 is 1.04 bits per heavy atom. The molecule has 1 aliphatic rings. The van der Waals surface area contributed by atoms with Crippen molar-refractivity contribution in [3.8, 4) is 0 Å². The van der Waals surface area contributed by atoms with Crippen molar-refractivity contribution in [3.63, 3.8) is 0 Å². The van der Waals surface area contributed by atoms with Gasteiger partial charge in [0.15, 0.2) is 0 Å². The van der Waals surface area contributed by atoms with Gasteiger partial charge in [0.1, 0.15) is 5.60 Å². The second-order valence-corrected chi connectivity index (χ2v) is 7.63. The molecule has 1 aromatic rings. The van der Waals surface area contributed by atoms with Crippen molar-refractivity contribution in [2.45, 2.75) is 52.3 Å². The van der Waals surface area contributed by atoms with Gasteiger partial charge in [-0.15, -0.1) is 0 Å². The average molecular weight is 333 g/mol. The molecule has 1 saturated heterocycles. The maximum atomic E-state index is 12.1. The van der Waals surface area contributed by atoms with Crippen LogP contribution in [0.5, 0.6) is 0 Å². The van der Waals surface area contributed by atoms with Gasteiger partial charge < -0.3 is 15.4 Å². The summed E-state index contributed by atoms with van der Waals surface area (Å²) in [6.07, 6.45) is -0.212. The number of piperazine rings is 1. The topological polar surface area (TPSA) is 58.8 Å². The third-order valence-electron chi connectivity index (χ3n) is 4.46. The van der Waals surface area contributed by atoms with E-state index >= 15 is 0 Å². The molecule has 1 aromatic carbocycles. The number of rotatable bonds is 3. The lowest BCUT2D eigenvalue weighted by Gasteiger charge is -2.38. The molecular weight excluding hydrogens is 302 g/mol. The highest BCUT2D eigenvalue weighted by molar-refractivity contribution is 5.68. The largest absolute Gasteiger partial charge is 0.444 e. The Labute approximate surface area is 145 Å². The van der Waals surface area contributed by atoms with Gasteiger partial charge in [-0.05, 0) is 45.7 Å². The summed E-state index contributed by atoms with van der Waals surface area (Å²) >= 11 is 0. The van der Waals surface area contributed by atoms with Gasteiger partial charge in [-0.25, -0.2) is 4.79 Å². The van der Waals surface area contributed by atoms with Gasteiger partial charge in [0.2, 0.25) is 0 Å². The highest BCUT2D eigenvalue weighted by Gasteiger charge is 2.27. The first kappa shape index (κ1) is 18.7. The Kier molecular flexibility index (Phi) is 5.88. The van der Waals surface area contributed by atoms with Crippen LogP contribution in [0, 0.1) is 0 Å². The maximum Gasteiger partial charge on any atom is 0.410 e. The molecule has 2 N–H and O–H groups in total. The molecule has 0 aromatic heterocycles. The number of carbonyl (C=O) groups is 1. The predicted molar refractivity (Wildman–Crippen MR) is 96.8 cm³/mol. The van der Waals surface area contributed by atoms with Crippen molar-refractivity contribution in [2.24, 2.45) is 5.73 Å². The molecule has 1 heterocycles. The van der Waals surface area contributed by atoms with E-state index in [1.54, 1.807) is 4.90 Å². The van der Waals surface area contributed by atoms with Crippen LogP contribution in [-0.2, 0) is 4.74 Å². The molecule has 2 atom stereocenters. The molecule has 2 rings (SSSR count). The SMILES string of the molecule is CC(c1ccc([C@H](C)N)cc1)N1CCN(C(=O)OC(C)(C)C)CC1. The molecule has 24 heavy (non-hydrogen) atoms. The van der Waals surface area contributed by atoms with Crippen molar-refractivity contribution in [1.82, 2.24) is 9.80 Å². The minimum atomic E-state index is -0.441. The number of amides is 1. The Morgan fingerprint density at radius 3 is 2.00 bits per heavy atom. The van der Waals surface area contributed by atoms with Crippen molar-refractivity contribution >= 4 is 6.09 Å². The molecule has 1 aliphatic heterocycles. The van der Waals surface area contributed by atoms with E-state index in [0.717, 1.165) is 18.7 Å². The summed E-state index contributed by atoms with van der Waals surface area (Å²) in [5.74, 6) is 0. The Hall–Kier alpha value is -1.59. The summed E-state index contributed by atoms with van der Waals surface area (Å²) in [7, 11) is 0. The van der Waals surface area contributed by atoms with Crippen LogP contribution in [0.1, 0.15) is 57.8 Å². The highest BCUT2D eigenvalue weighted by atomic mass is 16.6. The summed E-state index contributed by atoms with van der Waals surface area (Å²) in [6.45, 7) is 13.0. The molecular formula is C19H31N3O2.